The van der Waals surface area contributed by atoms with E-state index >= 15 is 0 Å². The standard InChI is InChI=1S/C22H26BrN3O4S/c1-4-5-11-29-19-10-9-16(12-17(19)23)21(28)24-22(31)26-25-20(27)13-30-18-8-6-7-14(2)15(18)3/h6-10,12H,4-5,11,13H2,1-3H3,(H,25,27)(H2,24,26,28,31). The predicted octanol–water partition coefficient (Wildman–Crippen LogP) is 3.96. The van der Waals surface area contributed by atoms with E-state index in [2.05, 4.69) is 39.0 Å². The van der Waals surface area contributed by atoms with Crippen molar-refractivity contribution in [2.45, 2.75) is 33.6 Å². The first-order chi connectivity index (χ1) is 14.8. The van der Waals surface area contributed by atoms with Crippen LogP contribution in [0.15, 0.2) is 40.9 Å². The van der Waals surface area contributed by atoms with Crippen molar-refractivity contribution in [2.24, 2.45) is 0 Å². The van der Waals surface area contributed by atoms with E-state index < -0.39 is 11.8 Å². The van der Waals surface area contributed by atoms with Gasteiger partial charge in [-0.15, -0.1) is 0 Å². The topological polar surface area (TPSA) is 88.7 Å². The van der Waals surface area contributed by atoms with Crippen molar-refractivity contribution in [3.63, 3.8) is 0 Å². The van der Waals surface area contributed by atoms with Crippen molar-refractivity contribution in [1.82, 2.24) is 16.2 Å². The third-order valence-corrected chi connectivity index (χ3v) is 5.23. The van der Waals surface area contributed by atoms with Gasteiger partial charge >= 0.3 is 0 Å². The summed E-state index contributed by atoms with van der Waals surface area (Å²) in [5.74, 6) is 0.452. The molecule has 3 N–H and O–H groups in total. The lowest BCUT2D eigenvalue weighted by molar-refractivity contribution is -0.123. The van der Waals surface area contributed by atoms with Crippen molar-refractivity contribution in [2.75, 3.05) is 13.2 Å². The Morgan fingerprint density at radius 2 is 1.84 bits per heavy atom. The van der Waals surface area contributed by atoms with E-state index in [1.165, 1.54) is 0 Å². The number of benzene rings is 2. The molecule has 0 aliphatic rings. The Kier molecular flexibility index (Phi) is 9.74. The summed E-state index contributed by atoms with van der Waals surface area (Å²) < 4.78 is 11.8. The van der Waals surface area contributed by atoms with Gasteiger partial charge in [-0.2, -0.15) is 0 Å². The summed E-state index contributed by atoms with van der Waals surface area (Å²) in [6.45, 7) is 6.40. The van der Waals surface area contributed by atoms with E-state index in [1.54, 1.807) is 24.3 Å². The minimum atomic E-state index is -0.436. The highest BCUT2D eigenvalue weighted by Crippen LogP contribution is 2.26. The molecule has 2 rings (SSSR count). The molecule has 2 amide bonds. The van der Waals surface area contributed by atoms with Crippen LogP contribution in [0.2, 0.25) is 0 Å². The number of halogens is 1. The lowest BCUT2D eigenvalue weighted by Crippen LogP contribution is -2.49. The van der Waals surface area contributed by atoms with Gasteiger partial charge in [0.2, 0.25) is 0 Å². The second kappa shape index (κ2) is 12.3. The van der Waals surface area contributed by atoms with E-state index in [1.807, 2.05) is 26.0 Å². The highest BCUT2D eigenvalue weighted by molar-refractivity contribution is 9.10. The molecule has 0 saturated heterocycles. The maximum atomic E-state index is 12.4. The predicted molar refractivity (Wildman–Crippen MR) is 127 cm³/mol. The molecule has 0 radical (unpaired) electrons. The van der Waals surface area contributed by atoms with E-state index in [9.17, 15) is 9.59 Å². The fourth-order valence-electron chi connectivity index (χ4n) is 2.48. The number of aryl methyl sites for hydroxylation is 1. The fraction of sp³-hybridized carbons (Fsp3) is 0.318. The van der Waals surface area contributed by atoms with Crippen LogP contribution in [0, 0.1) is 13.8 Å². The normalized spacial score (nSPS) is 10.2. The van der Waals surface area contributed by atoms with Crippen LogP contribution in [0.5, 0.6) is 11.5 Å². The molecule has 0 fully saturated rings. The maximum Gasteiger partial charge on any atom is 0.276 e. The number of amides is 2. The monoisotopic (exact) mass is 507 g/mol. The zero-order chi connectivity index (χ0) is 22.8. The second-order valence-electron chi connectivity index (χ2n) is 6.79. The van der Waals surface area contributed by atoms with Gasteiger partial charge in [-0.05, 0) is 83.8 Å². The summed E-state index contributed by atoms with van der Waals surface area (Å²) in [6, 6.07) is 10.6. The van der Waals surface area contributed by atoms with Crippen molar-refractivity contribution < 1.29 is 19.1 Å². The zero-order valence-electron chi connectivity index (χ0n) is 17.7. The lowest BCUT2D eigenvalue weighted by Gasteiger charge is -2.13. The summed E-state index contributed by atoms with van der Waals surface area (Å²) in [6.07, 6.45) is 1.99. The molecule has 0 heterocycles. The van der Waals surface area contributed by atoms with Crippen LogP contribution in [-0.2, 0) is 4.79 Å². The SMILES string of the molecule is CCCCOc1ccc(C(=O)NC(=S)NNC(=O)COc2cccc(C)c2C)cc1Br. The van der Waals surface area contributed by atoms with Crippen LogP contribution in [0.1, 0.15) is 41.3 Å². The van der Waals surface area contributed by atoms with Gasteiger partial charge in [0.15, 0.2) is 11.7 Å². The Bertz CT molecular complexity index is 952. The fourth-order valence-corrected chi connectivity index (χ4v) is 3.12. The Morgan fingerprint density at radius 3 is 2.55 bits per heavy atom. The van der Waals surface area contributed by atoms with Gasteiger partial charge in [0, 0.05) is 5.56 Å². The summed E-state index contributed by atoms with van der Waals surface area (Å²) >= 11 is 8.46. The van der Waals surface area contributed by atoms with E-state index in [4.69, 9.17) is 21.7 Å². The van der Waals surface area contributed by atoms with Gasteiger partial charge in [0.1, 0.15) is 11.5 Å². The Labute approximate surface area is 196 Å². The molecule has 31 heavy (non-hydrogen) atoms. The molecule has 0 spiro atoms. The van der Waals surface area contributed by atoms with Crippen LogP contribution in [-0.4, -0.2) is 30.1 Å². The van der Waals surface area contributed by atoms with Gasteiger partial charge in [-0.1, -0.05) is 25.5 Å². The number of hydrogen-bond acceptors (Lipinski definition) is 5. The Balaban J connectivity index is 1.78. The number of rotatable bonds is 8. The van der Waals surface area contributed by atoms with Crippen LogP contribution < -0.4 is 25.6 Å². The van der Waals surface area contributed by atoms with Crippen molar-refractivity contribution in [3.8, 4) is 11.5 Å². The molecule has 9 heteroatoms. The summed E-state index contributed by atoms with van der Waals surface area (Å²) in [4.78, 5) is 24.3. The molecular weight excluding hydrogens is 482 g/mol. The smallest absolute Gasteiger partial charge is 0.276 e. The number of carbonyl (C=O) groups is 2. The van der Waals surface area contributed by atoms with E-state index in [-0.39, 0.29) is 11.7 Å². The quantitative estimate of drug-likeness (QED) is 0.284. The van der Waals surface area contributed by atoms with Crippen LogP contribution in [0.3, 0.4) is 0 Å². The van der Waals surface area contributed by atoms with E-state index in [0.29, 0.717) is 28.1 Å². The molecule has 2 aromatic carbocycles. The molecule has 0 aliphatic heterocycles. The summed E-state index contributed by atoms with van der Waals surface area (Å²) in [5, 5.41) is 2.47. The largest absolute Gasteiger partial charge is 0.492 e. The summed E-state index contributed by atoms with van der Waals surface area (Å²) in [5.41, 5.74) is 7.32. The van der Waals surface area contributed by atoms with Crippen LogP contribution in [0.25, 0.3) is 0 Å². The Hall–Kier alpha value is -2.65. The molecule has 0 saturated carbocycles. The molecular formula is C22H26BrN3O4S. The van der Waals surface area contributed by atoms with Gasteiger partial charge in [0.05, 0.1) is 11.1 Å². The number of nitrogens with one attached hydrogen (secondary N) is 3. The van der Waals surface area contributed by atoms with Crippen molar-refractivity contribution >= 4 is 45.1 Å². The average molecular weight is 508 g/mol. The van der Waals surface area contributed by atoms with E-state index in [0.717, 1.165) is 24.0 Å². The molecule has 7 nitrogen and oxygen atoms in total. The van der Waals surface area contributed by atoms with Crippen LogP contribution in [0.4, 0.5) is 0 Å². The molecule has 0 atom stereocenters. The molecule has 166 valence electrons. The first-order valence-corrected chi connectivity index (χ1v) is 11.0. The highest BCUT2D eigenvalue weighted by atomic mass is 79.9. The number of hydrogen-bond donors (Lipinski definition) is 3. The molecule has 0 aromatic heterocycles. The van der Waals surface area contributed by atoms with Crippen molar-refractivity contribution in [3.05, 3.63) is 57.6 Å². The molecule has 0 unspecified atom stereocenters. The van der Waals surface area contributed by atoms with Crippen molar-refractivity contribution in [1.29, 1.82) is 0 Å². The number of hydrazine groups is 1. The third kappa shape index (κ3) is 7.84. The van der Waals surface area contributed by atoms with Gasteiger partial charge < -0.3 is 9.47 Å². The number of carbonyl (C=O) groups excluding carboxylic acids is 2. The lowest BCUT2D eigenvalue weighted by atomic mass is 10.1. The number of unbranched alkanes of at least 4 members (excludes halogenated alkanes) is 1. The number of thiocarbonyl (C=S) groups is 1. The first kappa shape index (κ1) is 24.6. The number of ether oxygens (including phenoxy) is 2. The zero-order valence-corrected chi connectivity index (χ0v) is 20.1. The second-order valence-corrected chi connectivity index (χ2v) is 8.05. The molecule has 0 aliphatic carbocycles. The summed E-state index contributed by atoms with van der Waals surface area (Å²) in [7, 11) is 0. The van der Waals surface area contributed by atoms with Gasteiger partial charge in [-0.3, -0.25) is 25.8 Å². The van der Waals surface area contributed by atoms with Gasteiger partial charge in [0.25, 0.3) is 11.8 Å². The molecule has 2 aromatic rings. The maximum absolute atomic E-state index is 12.4. The average Bonchev–Trinajstić information content (AvgIpc) is 2.74. The Morgan fingerprint density at radius 1 is 1.06 bits per heavy atom. The van der Waals surface area contributed by atoms with Crippen LogP contribution >= 0.6 is 28.1 Å². The first-order valence-electron chi connectivity index (χ1n) is 9.83. The minimum absolute atomic E-state index is 0.0375. The highest BCUT2D eigenvalue weighted by Gasteiger charge is 2.12. The molecule has 0 bridgehead atoms. The third-order valence-electron chi connectivity index (χ3n) is 4.41. The minimum Gasteiger partial charge on any atom is -0.492 e. The van der Waals surface area contributed by atoms with Gasteiger partial charge in [-0.25, -0.2) is 0 Å².